The van der Waals surface area contributed by atoms with Gasteiger partial charge in [0.1, 0.15) is 11.3 Å². The van der Waals surface area contributed by atoms with Gasteiger partial charge in [0.2, 0.25) is 0 Å². The highest BCUT2D eigenvalue weighted by atomic mass is 79.9. The maximum Gasteiger partial charge on any atom is 0.350 e. The largest absolute Gasteiger partial charge is 0.422 e. The molecule has 3 rings (SSSR count). The van der Waals surface area contributed by atoms with Crippen molar-refractivity contribution >= 4 is 50.8 Å². The number of carbonyl (C=O) groups excluding carboxylic acids is 3. The highest BCUT2D eigenvalue weighted by Crippen LogP contribution is 2.23. The minimum atomic E-state index is -1.00. The molecule has 0 radical (unpaired) electrons. The highest BCUT2D eigenvalue weighted by molar-refractivity contribution is 9.10. The molecule has 0 atom stereocenters. The molecule has 0 bridgehead atoms. The Bertz CT molecular complexity index is 1290. The average Bonchev–Trinajstić information content (AvgIpc) is 2.84. The van der Waals surface area contributed by atoms with Crippen molar-refractivity contribution < 1.29 is 24.0 Å². The second kappa shape index (κ2) is 11.0. The molecule has 0 saturated carbocycles. The van der Waals surface area contributed by atoms with E-state index in [4.69, 9.17) is 4.74 Å². The van der Waals surface area contributed by atoms with Crippen LogP contribution in [0.4, 0.5) is 11.4 Å². The standard InChI is InChI=1S/C23H17BrN4O6/c1-14(26-27-22(30)21(29)25-16-12-10-15(24)11-13-16)17-6-3-5-9-20(17)34-23(31)18-7-2-4-8-19(18)28(32)33/h2-13H,1H3,(H,25,29)(H,27,30). The van der Waals surface area contributed by atoms with Crippen molar-refractivity contribution in [2.24, 2.45) is 5.10 Å². The number of nitrogens with one attached hydrogen (secondary N) is 2. The quantitative estimate of drug-likeness (QED) is 0.124. The van der Waals surface area contributed by atoms with Gasteiger partial charge >= 0.3 is 17.8 Å². The smallest absolute Gasteiger partial charge is 0.350 e. The lowest BCUT2D eigenvalue weighted by Crippen LogP contribution is -2.33. The number of hydrogen-bond donors (Lipinski definition) is 2. The third-order valence-electron chi connectivity index (χ3n) is 4.43. The number of anilines is 1. The summed E-state index contributed by atoms with van der Waals surface area (Å²) in [6, 6.07) is 18.4. The molecular formula is C23H17BrN4O6. The second-order valence-corrected chi connectivity index (χ2v) is 7.67. The van der Waals surface area contributed by atoms with E-state index in [1.165, 1.54) is 37.3 Å². The number of amides is 2. The zero-order chi connectivity index (χ0) is 24.7. The lowest BCUT2D eigenvalue weighted by molar-refractivity contribution is -0.385. The van der Waals surface area contributed by atoms with Crippen LogP contribution in [-0.4, -0.2) is 28.4 Å². The average molecular weight is 525 g/mol. The molecule has 0 unspecified atom stereocenters. The third-order valence-corrected chi connectivity index (χ3v) is 4.96. The molecule has 3 aromatic rings. The number of hydrogen-bond acceptors (Lipinski definition) is 7. The first-order valence-electron chi connectivity index (χ1n) is 9.72. The number of ether oxygens (including phenoxy) is 1. The molecule has 0 saturated heterocycles. The minimum Gasteiger partial charge on any atom is -0.422 e. The molecule has 0 aliphatic carbocycles. The number of para-hydroxylation sites is 2. The lowest BCUT2D eigenvalue weighted by atomic mass is 10.1. The van der Waals surface area contributed by atoms with Crippen LogP contribution >= 0.6 is 15.9 Å². The minimum absolute atomic E-state index is 0.0699. The monoisotopic (exact) mass is 524 g/mol. The normalized spacial score (nSPS) is 10.8. The van der Waals surface area contributed by atoms with E-state index >= 15 is 0 Å². The number of benzene rings is 3. The molecule has 172 valence electrons. The van der Waals surface area contributed by atoms with E-state index in [0.29, 0.717) is 11.3 Å². The second-order valence-electron chi connectivity index (χ2n) is 6.76. The number of carbonyl (C=O) groups is 3. The Kier molecular flexibility index (Phi) is 7.83. The van der Waals surface area contributed by atoms with Gasteiger partial charge in [-0.25, -0.2) is 10.2 Å². The maximum atomic E-state index is 12.6. The molecule has 0 fully saturated rings. The molecule has 0 aliphatic rings. The Balaban J connectivity index is 1.72. The summed E-state index contributed by atoms with van der Waals surface area (Å²) >= 11 is 3.28. The van der Waals surface area contributed by atoms with Crippen molar-refractivity contribution in [2.75, 3.05) is 5.32 Å². The van der Waals surface area contributed by atoms with Crippen LogP contribution in [0.1, 0.15) is 22.8 Å². The van der Waals surface area contributed by atoms with Gasteiger partial charge in [-0.2, -0.15) is 5.10 Å². The van der Waals surface area contributed by atoms with Gasteiger partial charge in [0.15, 0.2) is 0 Å². The van der Waals surface area contributed by atoms with Gasteiger partial charge in [0.25, 0.3) is 5.69 Å². The van der Waals surface area contributed by atoms with Gasteiger partial charge < -0.3 is 10.1 Å². The first-order chi connectivity index (χ1) is 16.3. The Morgan fingerprint density at radius 1 is 0.912 bits per heavy atom. The number of nitro groups is 1. The van der Waals surface area contributed by atoms with Crippen LogP contribution in [0, 0.1) is 10.1 Å². The molecule has 0 heterocycles. The zero-order valence-corrected chi connectivity index (χ0v) is 19.2. The first kappa shape index (κ1) is 24.3. The Hall–Kier alpha value is -4.38. The molecule has 0 aromatic heterocycles. The van der Waals surface area contributed by atoms with Gasteiger partial charge in [-0.1, -0.05) is 40.2 Å². The Labute approximate surface area is 201 Å². The van der Waals surface area contributed by atoms with Gasteiger partial charge in [-0.3, -0.25) is 19.7 Å². The van der Waals surface area contributed by atoms with Crippen LogP contribution in [0.15, 0.2) is 82.4 Å². The van der Waals surface area contributed by atoms with Crippen molar-refractivity contribution in [2.45, 2.75) is 6.92 Å². The van der Waals surface area contributed by atoms with Crippen molar-refractivity contribution in [3.8, 4) is 5.75 Å². The maximum absolute atomic E-state index is 12.6. The molecule has 3 aromatic carbocycles. The number of esters is 1. The van der Waals surface area contributed by atoms with Crippen LogP contribution in [0.5, 0.6) is 5.75 Å². The number of hydrazone groups is 1. The van der Waals surface area contributed by atoms with Crippen LogP contribution < -0.4 is 15.5 Å². The number of halogens is 1. The van der Waals surface area contributed by atoms with E-state index in [9.17, 15) is 24.5 Å². The molecule has 0 spiro atoms. The zero-order valence-electron chi connectivity index (χ0n) is 17.7. The number of nitrogens with zero attached hydrogens (tertiary/aromatic N) is 2. The van der Waals surface area contributed by atoms with Gasteiger partial charge in [-0.15, -0.1) is 0 Å². The van der Waals surface area contributed by atoms with Crippen molar-refractivity contribution in [3.63, 3.8) is 0 Å². The SMILES string of the molecule is CC(=NNC(=O)C(=O)Nc1ccc(Br)cc1)c1ccccc1OC(=O)c1ccccc1[N+](=O)[O-]. The molecule has 10 nitrogen and oxygen atoms in total. The molecule has 11 heteroatoms. The summed E-state index contributed by atoms with van der Waals surface area (Å²) in [5.74, 6) is -2.78. The van der Waals surface area contributed by atoms with Gasteiger partial charge in [-0.05, 0) is 49.4 Å². The van der Waals surface area contributed by atoms with E-state index in [0.717, 1.165) is 4.47 Å². The number of nitro benzene ring substituents is 1. The summed E-state index contributed by atoms with van der Waals surface area (Å²) in [5, 5.41) is 17.5. The van der Waals surface area contributed by atoms with E-state index in [2.05, 4.69) is 31.8 Å². The fourth-order valence-electron chi connectivity index (χ4n) is 2.78. The van der Waals surface area contributed by atoms with Crippen LogP contribution in [-0.2, 0) is 9.59 Å². The fraction of sp³-hybridized carbons (Fsp3) is 0.0435. The predicted molar refractivity (Wildman–Crippen MR) is 128 cm³/mol. The van der Waals surface area contributed by atoms with Gasteiger partial charge in [0.05, 0.1) is 10.6 Å². The summed E-state index contributed by atoms with van der Waals surface area (Å²) in [7, 11) is 0. The summed E-state index contributed by atoms with van der Waals surface area (Å²) in [4.78, 5) is 47.3. The molecule has 0 aliphatic heterocycles. The highest BCUT2D eigenvalue weighted by Gasteiger charge is 2.22. The van der Waals surface area contributed by atoms with Crippen LogP contribution in [0.3, 0.4) is 0 Å². The van der Waals surface area contributed by atoms with Crippen LogP contribution in [0.2, 0.25) is 0 Å². The summed E-state index contributed by atoms with van der Waals surface area (Å²) in [6.45, 7) is 1.53. The first-order valence-corrected chi connectivity index (χ1v) is 10.5. The predicted octanol–water partition coefficient (Wildman–Crippen LogP) is 4.06. The molecule has 34 heavy (non-hydrogen) atoms. The fourth-order valence-corrected chi connectivity index (χ4v) is 3.05. The molecule has 2 amide bonds. The Morgan fingerprint density at radius 3 is 2.21 bits per heavy atom. The summed E-state index contributed by atoms with van der Waals surface area (Å²) < 4.78 is 6.18. The van der Waals surface area contributed by atoms with Crippen molar-refractivity contribution in [3.05, 3.63) is 98.5 Å². The topological polar surface area (TPSA) is 140 Å². The van der Waals surface area contributed by atoms with Crippen molar-refractivity contribution in [1.29, 1.82) is 0 Å². The summed E-state index contributed by atoms with van der Waals surface area (Å²) in [5.41, 5.74) is 2.54. The van der Waals surface area contributed by atoms with Crippen LogP contribution in [0.25, 0.3) is 0 Å². The van der Waals surface area contributed by atoms with E-state index < -0.39 is 22.7 Å². The van der Waals surface area contributed by atoms with Crippen molar-refractivity contribution in [1.82, 2.24) is 5.43 Å². The summed E-state index contributed by atoms with van der Waals surface area (Å²) in [6.07, 6.45) is 0. The van der Waals surface area contributed by atoms with E-state index in [1.807, 2.05) is 0 Å². The van der Waals surface area contributed by atoms with E-state index in [1.54, 1.807) is 42.5 Å². The van der Waals surface area contributed by atoms with Gasteiger partial charge in [0, 0.05) is 21.8 Å². The Morgan fingerprint density at radius 2 is 1.53 bits per heavy atom. The molecular weight excluding hydrogens is 508 g/mol. The van der Waals surface area contributed by atoms with E-state index in [-0.39, 0.29) is 22.7 Å². The third kappa shape index (κ3) is 6.11. The number of rotatable bonds is 6. The lowest BCUT2D eigenvalue weighted by Gasteiger charge is -2.10. The molecule has 2 N–H and O–H groups in total.